The fourth-order valence-electron chi connectivity index (χ4n) is 1.96. The molecule has 0 saturated heterocycles. The van der Waals surface area contributed by atoms with Crippen molar-refractivity contribution in [1.82, 2.24) is 0 Å². The fraction of sp³-hybridized carbons (Fsp3) is 0.231. The minimum absolute atomic E-state index is 0.353. The molecular formula is C13H8BF6O. The zero-order valence-corrected chi connectivity index (χ0v) is 10.7. The van der Waals surface area contributed by atoms with Gasteiger partial charge in [0.15, 0.2) is 23.2 Å². The summed E-state index contributed by atoms with van der Waals surface area (Å²) in [5.41, 5.74) is -3.72. The fourth-order valence-corrected chi connectivity index (χ4v) is 1.96. The maximum Gasteiger partial charge on any atom is 0.215 e. The molecule has 21 heavy (non-hydrogen) atoms. The van der Waals surface area contributed by atoms with Crippen LogP contribution in [0.15, 0.2) is 24.1 Å². The second-order valence-corrected chi connectivity index (χ2v) is 4.42. The molecule has 1 aliphatic rings. The van der Waals surface area contributed by atoms with Gasteiger partial charge in [0.1, 0.15) is 11.4 Å². The van der Waals surface area contributed by atoms with Crippen molar-refractivity contribution in [2.24, 2.45) is 0 Å². The molecule has 0 spiro atoms. The molecule has 1 aliphatic carbocycles. The van der Waals surface area contributed by atoms with E-state index >= 15 is 0 Å². The number of allylic oxidation sites excluding steroid dienone is 4. The summed E-state index contributed by atoms with van der Waals surface area (Å²) in [7, 11) is 1.20. The van der Waals surface area contributed by atoms with Gasteiger partial charge < -0.3 is 4.74 Å². The third-order valence-corrected chi connectivity index (χ3v) is 2.94. The number of ether oxygens (including phenoxy) is 1. The van der Waals surface area contributed by atoms with Crippen molar-refractivity contribution in [2.75, 3.05) is 7.11 Å². The Morgan fingerprint density at radius 2 is 1.71 bits per heavy atom. The lowest BCUT2D eigenvalue weighted by Gasteiger charge is -2.23. The Labute approximate surface area is 117 Å². The van der Waals surface area contributed by atoms with E-state index in [0.29, 0.717) is 7.28 Å². The first-order valence-electron chi connectivity index (χ1n) is 5.77. The van der Waals surface area contributed by atoms with Crippen LogP contribution in [0.1, 0.15) is 6.42 Å². The minimum atomic E-state index is -2.56. The lowest BCUT2D eigenvalue weighted by Crippen LogP contribution is -2.41. The Kier molecular flexibility index (Phi) is 4.07. The van der Waals surface area contributed by atoms with E-state index in [0.717, 1.165) is 25.3 Å². The first-order chi connectivity index (χ1) is 9.79. The third kappa shape index (κ3) is 2.79. The summed E-state index contributed by atoms with van der Waals surface area (Å²) in [6, 6.07) is 0. The molecule has 0 aliphatic heterocycles. The van der Waals surface area contributed by atoms with Gasteiger partial charge in [-0.2, -0.15) is 4.39 Å². The molecule has 0 N–H and O–H groups in total. The van der Waals surface area contributed by atoms with Gasteiger partial charge in [0.25, 0.3) is 0 Å². The minimum Gasteiger partial charge on any atom is -0.491 e. The number of rotatable bonds is 3. The van der Waals surface area contributed by atoms with Crippen LogP contribution in [0.5, 0.6) is 5.75 Å². The normalized spacial score (nSPS) is 21.2. The van der Waals surface area contributed by atoms with Gasteiger partial charge in [0.2, 0.25) is 13.1 Å². The molecule has 8 heteroatoms. The molecule has 0 saturated carbocycles. The van der Waals surface area contributed by atoms with Crippen molar-refractivity contribution in [3.8, 4) is 5.75 Å². The smallest absolute Gasteiger partial charge is 0.215 e. The van der Waals surface area contributed by atoms with Crippen molar-refractivity contribution in [1.29, 1.82) is 0 Å². The van der Waals surface area contributed by atoms with Gasteiger partial charge in [-0.1, -0.05) is 12.2 Å². The molecule has 1 radical (unpaired) electrons. The highest BCUT2D eigenvalue weighted by molar-refractivity contribution is 6.57. The SMILES string of the molecule is COc1c(F)c(F)c(F)c([B]C2(F)C=CC=C(F)C2)c1F. The second-order valence-electron chi connectivity index (χ2n) is 4.42. The van der Waals surface area contributed by atoms with Crippen LogP contribution >= 0.6 is 0 Å². The highest BCUT2D eigenvalue weighted by Crippen LogP contribution is 2.29. The molecule has 0 amide bonds. The van der Waals surface area contributed by atoms with Crippen LogP contribution < -0.4 is 10.2 Å². The van der Waals surface area contributed by atoms with Gasteiger partial charge in [-0.05, 0) is 11.5 Å². The van der Waals surface area contributed by atoms with Crippen LogP contribution in [0.2, 0.25) is 0 Å². The number of benzene rings is 1. The van der Waals surface area contributed by atoms with Gasteiger partial charge >= 0.3 is 0 Å². The zero-order chi connectivity index (χ0) is 15.8. The number of halogens is 6. The maximum absolute atomic E-state index is 14.3. The van der Waals surface area contributed by atoms with Crippen LogP contribution in [0.25, 0.3) is 0 Å². The Morgan fingerprint density at radius 1 is 1.05 bits per heavy atom. The largest absolute Gasteiger partial charge is 0.491 e. The number of hydrogen-bond donors (Lipinski definition) is 0. The first kappa shape index (κ1) is 15.5. The summed E-state index contributed by atoms with van der Waals surface area (Å²) < 4.78 is 85.8. The predicted octanol–water partition coefficient (Wildman–Crippen LogP) is 3.06. The van der Waals surface area contributed by atoms with Gasteiger partial charge in [0.05, 0.1) is 7.11 Å². The van der Waals surface area contributed by atoms with Crippen molar-refractivity contribution in [3.05, 3.63) is 47.3 Å². The average molecular weight is 305 g/mol. The summed E-state index contributed by atoms with van der Waals surface area (Å²) >= 11 is 0. The zero-order valence-electron chi connectivity index (χ0n) is 10.7. The van der Waals surface area contributed by atoms with Crippen molar-refractivity contribution < 1.29 is 31.1 Å². The Hall–Kier alpha value is -1.86. The lowest BCUT2D eigenvalue weighted by atomic mass is 9.54. The summed E-state index contributed by atoms with van der Waals surface area (Å²) in [6.45, 7) is 0. The van der Waals surface area contributed by atoms with E-state index in [1.807, 2.05) is 0 Å². The van der Waals surface area contributed by atoms with Gasteiger partial charge in [-0.25, -0.2) is 22.0 Å². The molecule has 1 atom stereocenters. The Balaban J connectivity index is 2.48. The van der Waals surface area contributed by atoms with Crippen LogP contribution in [0, 0.1) is 23.3 Å². The van der Waals surface area contributed by atoms with E-state index < -0.39 is 52.3 Å². The maximum atomic E-state index is 14.3. The van der Waals surface area contributed by atoms with Crippen molar-refractivity contribution in [3.63, 3.8) is 0 Å². The number of hydrogen-bond acceptors (Lipinski definition) is 1. The monoisotopic (exact) mass is 305 g/mol. The molecule has 1 aromatic rings. The summed E-state index contributed by atoms with van der Waals surface area (Å²) in [6.07, 6.45) is 2.04. The topological polar surface area (TPSA) is 9.23 Å². The molecule has 0 heterocycles. The molecule has 2 rings (SSSR count). The molecule has 0 bridgehead atoms. The number of alkyl halides is 1. The van der Waals surface area contributed by atoms with Crippen molar-refractivity contribution in [2.45, 2.75) is 12.0 Å². The molecule has 111 valence electrons. The summed E-state index contributed by atoms with van der Waals surface area (Å²) in [5, 5.41) is 0. The first-order valence-corrected chi connectivity index (χ1v) is 5.77. The molecule has 1 nitrogen and oxygen atoms in total. The van der Waals surface area contributed by atoms with Gasteiger partial charge in [0, 0.05) is 6.42 Å². The molecule has 0 fully saturated rings. The van der Waals surface area contributed by atoms with E-state index in [1.54, 1.807) is 0 Å². The van der Waals surface area contributed by atoms with E-state index in [9.17, 15) is 26.3 Å². The molecule has 0 aromatic heterocycles. The second kappa shape index (κ2) is 5.50. The molecule has 1 aromatic carbocycles. The Bertz CT molecular complexity index is 642. The standard InChI is InChI=1S/C13H8BF6O/c1-21-12-9(17)7(8(16)10(18)11(12)19)14-13(20)4-2-3-6(15)5-13/h2-4H,5H2,1H3. The Morgan fingerprint density at radius 3 is 2.29 bits per heavy atom. The lowest BCUT2D eigenvalue weighted by molar-refractivity contribution is 0.314. The average Bonchev–Trinajstić information content (AvgIpc) is 2.42. The van der Waals surface area contributed by atoms with Gasteiger partial charge in [-0.15, -0.1) is 0 Å². The van der Waals surface area contributed by atoms with E-state index in [4.69, 9.17) is 0 Å². The number of methoxy groups -OCH3 is 1. The quantitative estimate of drug-likeness (QED) is 0.361. The van der Waals surface area contributed by atoms with E-state index in [2.05, 4.69) is 4.74 Å². The van der Waals surface area contributed by atoms with Crippen LogP contribution in [0.4, 0.5) is 26.3 Å². The van der Waals surface area contributed by atoms with Crippen molar-refractivity contribution >= 4 is 12.7 Å². The highest BCUT2D eigenvalue weighted by atomic mass is 19.2. The van der Waals surface area contributed by atoms with Gasteiger partial charge in [-0.3, -0.25) is 0 Å². The van der Waals surface area contributed by atoms with E-state index in [-0.39, 0.29) is 0 Å². The van der Waals surface area contributed by atoms with Crippen LogP contribution in [0.3, 0.4) is 0 Å². The highest BCUT2D eigenvalue weighted by Gasteiger charge is 2.37. The molecular weight excluding hydrogens is 297 g/mol. The summed E-state index contributed by atoms with van der Waals surface area (Å²) in [5.74, 6) is -9.41. The summed E-state index contributed by atoms with van der Waals surface area (Å²) in [4.78, 5) is 0. The predicted molar refractivity (Wildman–Crippen MR) is 65.0 cm³/mol. The molecule has 1 unspecified atom stereocenters. The third-order valence-electron chi connectivity index (χ3n) is 2.94. The van der Waals surface area contributed by atoms with E-state index in [1.165, 1.54) is 0 Å². The van der Waals surface area contributed by atoms with Crippen LogP contribution in [-0.4, -0.2) is 20.0 Å². The van der Waals surface area contributed by atoms with Crippen LogP contribution in [-0.2, 0) is 0 Å².